The van der Waals surface area contributed by atoms with Crippen LogP contribution in [-0.4, -0.2) is 7.05 Å². The summed E-state index contributed by atoms with van der Waals surface area (Å²) in [5.74, 6) is 0. The van der Waals surface area contributed by atoms with E-state index in [0.29, 0.717) is 0 Å². The van der Waals surface area contributed by atoms with E-state index < -0.39 is 0 Å². The third-order valence-electron chi connectivity index (χ3n) is 5.90. The Bertz CT molecular complexity index is 1150. The first-order valence-corrected chi connectivity index (χ1v) is 9.73. The fourth-order valence-corrected chi connectivity index (χ4v) is 4.29. The van der Waals surface area contributed by atoms with E-state index >= 15 is 0 Å². The second-order valence-corrected chi connectivity index (χ2v) is 8.04. The Balaban J connectivity index is 1.86. The van der Waals surface area contributed by atoms with Crippen molar-refractivity contribution in [2.75, 3.05) is 11.9 Å². The fraction of sp³-hybridized carbons (Fsp3) is 0.185. The van der Waals surface area contributed by atoms with Crippen LogP contribution in [-0.2, 0) is 0 Å². The van der Waals surface area contributed by atoms with Gasteiger partial charge in [0.05, 0.1) is 0 Å². The van der Waals surface area contributed by atoms with Crippen molar-refractivity contribution in [3.05, 3.63) is 106 Å². The monoisotopic (exact) mass is 365 g/mol. The second kappa shape index (κ2) is 6.53. The van der Waals surface area contributed by atoms with Crippen molar-refractivity contribution in [3.8, 4) is 0 Å². The third kappa shape index (κ3) is 2.79. The minimum Gasteiger partial charge on any atom is -0.344 e. The molecule has 0 spiro atoms. The van der Waals surface area contributed by atoms with Gasteiger partial charge in [-0.25, -0.2) is 0 Å². The van der Waals surface area contributed by atoms with Gasteiger partial charge in [-0.1, -0.05) is 49.1 Å². The second-order valence-electron chi connectivity index (χ2n) is 8.04. The summed E-state index contributed by atoms with van der Waals surface area (Å²) in [6, 6.07) is 17.7. The molecule has 28 heavy (non-hydrogen) atoms. The van der Waals surface area contributed by atoms with Crippen molar-refractivity contribution >= 4 is 22.5 Å². The molecule has 4 rings (SSSR count). The molecule has 0 fully saturated rings. The van der Waals surface area contributed by atoms with Gasteiger partial charge in [0.1, 0.15) is 0 Å². The molecule has 1 heteroatoms. The van der Waals surface area contributed by atoms with E-state index in [1.807, 2.05) is 0 Å². The Hall–Kier alpha value is -3.06. The minimum absolute atomic E-state index is 1.08. The van der Waals surface area contributed by atoms with Crippen LogP contribution in [0.3, 0.4) is 0 Å². The van der Waals surface area contributed by atoms with E-state index in [2.05, 4.69) is 101 Å². The van der Waals surface area contributed by atoms with Gasteiger partial charge in [0.15, 0.2) is 0 Å². The highest BCUT2D eigenvalue weighted by atomic mass is 15.1. The molecular formula is C27H27N. The van der Waals surface area contributed by atoms with E-state index in [1.54, 1.807) is 0 Å². The summed E-state index contributed by atoms with van der Waals surface area (Å²) in [4.78, 5) is 2.28. The largest absolute Gasteiger partial charge is 0.344 e. The van der Waals surface area contributed by atoms with Gasteiger partial charge in [-0.2, -0.15) is 0 Å². The Morgan fingerprint density at radius 3 is 2.04 bits per heavy atom. The molecule has 0 saturated heterocycles. The summed E-state index contributed by atoms with van der Waals surface area (Å²) in [7, 11) is 2.14. The molecule has 0 N–H and O–H groups in total. The van der Waals surface area contributed by atoms with Crippen LogP contribution in [0.4, 0.5) is 11.4 Å². The molecule has 3 aromatic rings. The first kappa shape index (κ1) is 18.3. The molecule has 3 aromatic carbocycles. The summed E-state index contributed by atoms with van der Waals surface area (Å²) in [5, 5.41) is 0. The summed E-state index contributed by atoms with van der Waals surface area (Å²) in [5.41, 5.74) is 14.4. The molecular weight excluding hydrogens is 338 g/mol. The van der Waals surface area contributed by atoms with E-state index in [-0.39, 0.29) is 0 Å². The normalized spacial score (nSPS) is 12.6. The molecule has 0 atom stereocenters. The number of nitrogens with zero attached hydrogens (tertiary/aromatic N) is 1. The van der Waals surface area contributed by atoms with Crippen molar-refractivity contribution in [1.82, 2.24) is 0 Å². The van der Waals surface area contributed by atoms with Crippen LogP contribution in [0.25, 0.3) is 11.1 Å². The lowest BCUT2D eigenvalue weighted by molar-refractivity contribution is 1.16. The number of benzene rings is 3. The maximum absolute atomic E-state index is 4.46. The van der Waals surface area contributed by atoms with Gasteiger partial charge >= 0.3 is 0 Å². The molecule has 0 unspecified atom stereocenters. The van der Waals surface area contributed by atoms with E-state index in [9.17, 15) is 0 Å². The smallest absolute Gasteiger partial charge is 0.0494 e. The topological polar surface area (TPSA) is 3.24 Å². The molecule has 0 aliphatic carbocycles. The Morgan fingerprint density at radius 2 is 1.32 bits per heavy atom. The Kier molecular flexibility index (Phi) is 4.27. The lowest BCUT2D eigenvalue weighted by Crippen LogP contribution is -2.18. The minimum atomic E-state index is 1.08. The number of rotatable bonds is 2. The Morgan fingerprint density at radius 1 is 0.714 bits per heavy atom. The number of anilines is 2. The molecule has 140 valence electrons. The van der Waals surface area contributed by atoms with Crippen molar-refractivity contribution in [1.29, 1.82) is 0 Å². The standard InChI is InChI=1S/C27H27N/c1-16-8-10-22(18(3)12-16)20(5)24-15-27-25(14-19(24)4)21(6)23-11-9-17(2)13-26(23)28(27)7/h8-15H,5-6H2,1-4,7H3. The van der Waals surface area contributed by atoms with Gasteiger partial charge in [0.25, 0.3) is 0 Å². The number of aryl methyl sites for hydroxylation is 4. The van der Waals surface area contributed by atoms with Gasteiger partial charge in [-0.3, -0.25) is 0 Å². The summed E-state index contributed by atoms with van der Waals surface area (Å²) >= 11 is 0. The van der Waals surface area contributed by atoms with Gasteiger partial charge < -0.3 is 4.90 Å². The Labute approximate surface area is 168 Å². The zero-order chi connectivity index (χ0) is 20.2. The highest BCUT2D eigenvalue weighted by molar-refractivity contribution is 5.98. The molecule has 1 heterocycles. The summed E-state index contributed by atoms with van der Waals surface area (Å²) in [6.45, 7) is 17.5. The molecule has 0 aromatic heterocycles. The van der Waals surface area contributed by atoms with Gasteiger partial charge in [0, 0.05) is 29.5 Å². The maximum atomic E-state index is 4.46. The predicted molar refractivity (Wildman–Crippen MR) is 123 cm³/mol. The van der Waals surface area contributed by atoms with E-state index in [1.165, 1.54) is 55.9 Å². The van der Waals surface area contributed by atoms with Gasteiger partial charge in [-0.05, 0) is 84.9 Å². The molecule has 1 nitrogen and oxygen atoms in total. The molecule has 1 aliphatic heterocycles. The first-order valence-electron chi connectivity index (χ1n) is 9.73. The third-order valence-corrected chi connectivity index (χ3v) is 5.90. The van der Waals surface area contributed by atoms with Crippen LogP contribution in [0.1, 0.15) is 44.5 Å². The number of fused-ring (bicyclic) bond motifs is 2. The van der Waals surface area contributed by atoms with Crippen molar-refractivity contribution in [2.24, 2.45) is 0 Å². The highest BCUT2D eigenvalue weighted by Gasteiger charge is 2.24. The summed E-state index contributed by atoms with van der Waals surface area (Å²) in [6.07, 6.45) is 0. The maximum Gasteiger partial charge on any atom is 0.0494 e. The van der Waals surface area contributed by atoms with Crippen molar-refractivity contribution < 1.29 is 0 Å². The van der Waals surface area contributed by atoms with E-state index in [0.717, 1.165) is 11.1 Å². The molecule has 0 amide bonds. The summed E-state index contributed by atoms with van der Waals surface area (Å²) < 4.78 is 0. The van der Waals surface area contributed by atoms with Crippen LogP contribution >= 0.6 is 0 Å². The zero-order valence-corrected chi connectivity index (χ0v) is 17.5. The SMILES string of the molecule is C=C(c1ccc(C)cc1C)c1cc2c(cc1C)C(=C)c1ccc(C)cc1N2C. The van der Waals surface area contributed by atoms with E-state index in [4.69, 9.17) is 0 Å². The quantitative estimate of drug-likeness (QED) is 0.467. The van der Waals surface area contributed by atoms with Crippen LogP contribution in [0.2, 0.25) is 0 Å². The van der Waals surface area contributed by atoms with Crippen molar-refractivity contribution in [3.63, 3.8) is 0 Å². The first-order chi connectivity index (χ1) is 13.3. The predicted octanol–water partition coefficient (Wildman–Crippen LogP) is 7.12. The van der Waals surface area contributed by atoms with Crippen LogP contribution < -0.4 is 4.90 Å². The van der Waals surface area contributed by atoms with Gasteiger partial charge in [-0.15, -0.1) is 0 Å². The lowest BCUT2D eigenvalue weighted by atomic mass is 9.85. The average molecular weight is 366 g/mol. The number of hydrogen-bond donors (Lipinski definition) is 0. The fourth-order valence-electron chi connectivity index (χ4n) is 4.29. The molecule has 0 saturated carbocycles. The van der Waals surface area contributed by atoms with Gasteiger partial charge in [0.2, 0.25) is 0 Å². The van der Waals surface area contributed by atoms with Crippen LogP contribution in [0.15, 0.2) is 61.7 Å². The van der Waals surface area contributed by atoms with Crippen molar-refractivity contribution in [2.45, 2.75) is 27.7 Å². The highest BCUT2D eigenvalue weighted by Crippen LogP contribution is 2.45. The molecule has 1 aliphatic rings. The lowest BCUT2D eigenvalue weighted by Gasteiger charge is -2.33. The molecule has 0 bridgehead atoms. The average Bonchev–Trinajstić information content (AvgIpc) is 2.65. The van der Waals surface area contributed by atoms with Crippen LogP contribution in [0, 0.1) is 27.7 Å². The van der Waals surface area contributed by atoms with Crippen LogP contribution in [0.5, 0.6) is 0 Å². The zero-order valence-electron chi connectivity index (χ0n) is 17.5. The molecule has 0 radical (unpaired) electrons. The number of hydrogen-bond acceptors (Lipinski definition) is 1.